The largest absolute Gasteiger partial charge is 0.536 e. The molecule has 0 saturated heterocycles. The number of benzene rings is 2. The first-order valence-corrected chi connectivity index (χ1v) is 9.76. The number of phenols is 2. The Morgan fingerprint density at radius 2 is 1.28 bits per heavy atom. The number of phosphoric acid groups is 2. The highest BCUT2D eigenvalue weighted by Gasteiger charge is 2.34. The van der Waals surface area contributed by atoms with Gasteiger partial charge < -0.3 is 24.5 Å². The minimum absolute atomic E-state index is 0.0618. The van der Waals surface area contributed by atoms with Gasteiger partial charge in [0.25, 0.3) is 0 Å². The lowest BCUT2D eigenvalue weighted by atomic mass is 10.1. The fourth-order valence-electron chi connectivity index (χ4n) is 1.70. The third kappa shape index (κ3) is 8.18. The summed E-state index contributed by atoms with van der Waals surface area (Å²) in [6.07, 6.45) is 0. The Bertz CT molecular complexity index is 778. The van der Waals surface area contributed by atoms with E-state index in [1.54, 1.807) is 38.1 Å². The Balaban J connectivity index is 0.000000324. The molecule has 2 aromatic rings. The van der Waals surface area contributed by atoms with E-state index in [1.165, 1.54) is 18.2 Å². The second-order valence-electron chi connectivity index (χ2n) is 4.87. The number of para-hydroxylation sites is 1. The van der Waals surface area contributed by atoms with Crippen molar-refractivity contribution in [2.75, 3.05) is 0 Å². The van der Waals surface area contributed by atoms with Gasteiger partial charge >= 0.3 is 15.6 Å². The van der Waals surface area contributed by atoms with Crippen molar-refractivity contribution in [2.45, 2.75) is 13.8 Å². The van der Waals surface area contributed by atoms with E-state index in [-0.39, 0.29) is 17.2 Å². The van der Waals surface area contributed by atoms with E-state index in [0.717, 1.165) is 0 Å². The first-order chi connectivity index (χ1) is 11.4. The first-order valence-electron chi connectivity index (χ1n) is 6.73. The summed E-state index contributed by atoms with van der Waals surface area (Å²) in [5.74, 6) is 0.238. The van der Waals surface area contributed by atoms with Crippen LogP contribution in [0.4, 0.5) is 0 Å². The summed E-state index contributed by atoms with van der Waals surface area (Å²) in [5.41, 5.74) is 1.10. The fraction of sp³-hybridized carbons (Fsp3) is 0.143. The van der Waals surface area contributed by atoms with Crippen LogP contribution in [-0.2, 0) is 13.4 Å². The van der Waals surface area contributed by atoms with Crippen LogP contribution in [0.2, 0.25) is 0 Å². The second-order valence-corrected chi connectivity index (χ2v) is 7.63. The summed E-state index contributed by atoms with van der Waals surface area (Å²) in [7, 11) is -9.95. The van der Waals surface area contributed by atoms with Crippen molar-refractivity contribution in [3.8, 4) is 17.2 Å². The van der Waals surface area contributed by atoms with Crippen LogP contribution in [0.25, 0.3) is 0 Å². The molecule has 0 spiro atoms. The molecule has 0 amide bonds. The lowest BCUT2D eigenvalue weighted by Crippen LogP contribution is -1.98. The summed E-state index contributed by atoms with van der Waals surface area (Å²) in [6.45, 7) is 3.25. The molecule has 0 fully saturated rings. The molecule has 0 aliphatic carbocycles. The van der Waals surface area contributed by atoms with Crippen LogP contribution in [-0.4, -0.2) is 24.9 Å². The van der Waals surface area contributed by atoms with E-state index in [4.69, 9.17) is 20.0 Å². The molecule has 25 heavy (non-hydrogen) atoms. The number of rotatable bonds is 4. The SMILES string of the molecule is Cc1cccc(C)c1OP(=O)(O)OP(=O)(O)O.Oc1cccc(O)c1. The van der Waals surface area contributed by atoms with E-state index in [1.807, 2.05) is 0 Å². The van der Waals surface area contributed by atoms with Crippen LogP contribution >= 0.6 is 15.6 Å². The maximum absolute atomic E-state index is 11.3. The van der Waals surface area contributed by atoms with E-state index in [2.05, 4.69) is 8.83 Å². The molecule has 11 heteroatoms. The van der Waals surface area contributed by atoms with Crippen molar-refractivity contribution in [3.63, 3.8) is 0 Å². The van der Waals surface area contributed by atoms with E-state index in [0.29, 0.717) is 11.1 Å². The van der Waals surface area contributed by atoms with Crippen LogP contribution in [0.3, 0.4) is 0 Å². The van der Waals surface area contributed by atoms with E-state index < -0.39 is 15.6 Å². The van der Waals surface area contributed by atoms with Gasteiger partial charge in [0, 0.05) is 6.07 Å². The Morgan fingerprint density at radius 1 is 0.840 bits per heavy atom. The van der Waals surface area contributed by atoms with Gasteiger partial charge in [0.1, 0.15) is 17.2 Å². The molecule has 0 bridgehead atoms. The summed E-state index contributed by atoms with van der Waals surface area (Å²) in [5, 5.41) is 17.3. The Hall–Kier alpha value is -1.86. The number of hydrogen-bond donors (Lipinski definition) is 5. The maximum Gasteiger partial charge on any atom is 0.536 e. The molecule has 1 unspecified atom stereocenters. The third-order valence-electron chi connectivity index (χ3n) is 2.65. The van der Waals surface area contributed by atoms with Gasteiger partial charge in [-0.15, -0.1) is 0 Å². The predicted molar refractivity (Wildman–Crippen MR) is 89.3 cm³/mol. The summed E-state index contributed by atoms with van der Waals surface area (Å²) in [6, 6.07) is 10.8. The molecule has 5 N–H and O–H groups in total. The zero-order valence-electron chi connectivity index (χ0n) is 13.3. The molecule has 0 saturated carbocycles. The Morgan fingerprint density at radius 3 is 1.64 bits per heavy atom. The Labute approximate surface area is 144 Å². The van der Waals surface area contributed by atoms with Crippen molar-refractivity contribution >= 4 is 15.6 Å². The number of hydrogen-bond acceptors (Lipinski definition) is 6. The molecule has 0 aromatic heterocycles. The number of phosphoric ester groups is 1. The zero-order valence-corrected chi connectivity index (χ0v) is 15.1. The van der Waals surface area contributed by atoms with Gasteiger partial charge in [-0.1, -0.05) is 24.3 Å². The minimum Gasteiger partial charge on any atom is -0.508 e. The van der Waals surface area contributed by atoms with Crippen molar-refractivity contribution in [1.82, 2.24) is 0 Å². The van der Waals surface area contributed by atoms with Gasteiger partial charge in [-0.25, -0.2) is 9.13 Å². The number of aryl methyl sites for hydroxylation is 2. The van der Waals surface area contributed by atoms with Gasteiger partial charge in [-0.3, -0.25) is 4.89 Å². The normalized spacial score (nSPS) is 13.3. The topological polar surface area (TPSA) is 154 Å². The molecule has 0 aliphatic rings. The van der Waals surface area contributed by atoms with E-state index in [9.17, 15) is 14.0 Å². The van der Waals surface area contributed by atoms with E-state index >= 15 is 0 Å². The highest BCUT2D eigenvalue weighted by molar-refractivity contribution is 7.60. The summed E-state index contributed by atoms with van der Waals surface area (Å²) < 4.78 is 30.1. The van der Waals surface area contributed by atoms with Crippen LogP contribution in [0.15, 0.2) is 42.5 Å². The highest BCUT2D eigenvalue weighted by atomic mass is 31.3. The lowest BCUT2D eigenvalue weighted by molar-refractivity contribution is 0.229. The van der Waals surface area contributed by atoms with Crippen molar-refractivity contribution < 1.29 is 42.9 Å². The molecule has 0 heterocycles. The number of phenolic OH excluding ortho intramolecular Hbond substituents is 2. The monoisotopic (exact) mass is 392 g/mol. The first kappa shape index (κ1) is 21.2. The van der Waals surface area contributed by atoms with Gasteiger partial charge in [0.05, 0.1) is 0 Å². The lowest BCUT2D eigenvalue weighted by Gasteiger charge is -2.16. The standard InChI is InChI=1S/C8H12O7P2.C6H6O2/c1-6-4-3-5-7(2)8(6)14-17(12,13)15-16(9,10)11;7-5-2-1-3-6(8)4-5/h3-5H,1-2H3,(H,12,13)(H2,9,10,11);1-4,7-8H. The quantitative estimate of drug-likeness (QED) is 0.494. The van der Waals surface area contributed by atoms with Crippen molar-refractivity contribution in [1.29, 1.82) is 0 Å². The number of aromatic hydroxyl groups is 2. The molecule has 0 aliphatic heterocycles. The van der Waals surface area contributed by atoms with Gasteiger partial charge in [0.15, 0.2) is 0 Å². The average molecular weight is 392 g/mol. The predicted octanol–water partition coefficient (Wildman–Crippen LogP) is 2.99. The molecule has 2 aromatic carbocycles. The molecule has 1 atom stereocenters. The van der Waals surface area contributed by atoms with Crippen LogP contribution in [0.5, 0.6) is 17.2 Å². The van der Waals surface area contributed by atoms with Gasteiger partial charge in [0.2, 0.25) is 0 Å². The molecular formula is C14H18O9P2. The fourth-order valence-corrected chi connectivity index (χ4v) is 3.43. The minimum atomic E-state index is -5.09. The molecule has 0 radical (unpaired) electrons. The average Bonchev–Trinajstić information content (AvgIpc) is 2.41. The summed E-state index contributed by atoms with van der Waals surface area (Å²) in [4.78, 5) is 26.1. The van der Waals surface area contributed by atoms with Crippen LogP contribution in [0, 0.1) is 13.8 Å². The Kier molecular flexibility index (Phi) is 7.19. The summed E-state index contributed by atoms with van der Waals surface area (Å²) >= 11 is 0. The third-order valence-corrected chi connectivity index (χ3v) is 4.74. The van der Waals surface area contributed by atoms with Gasteiger partial charge in [-0.2, -0.15) is 4.31 Å². The maximum atomic E-state index is 11.3. The smallest absolute Gasteiger partial charge is 0.508 e. The van der Waals surface area contributed by atoms with Crippen LogP contribution in [0.1, 0.15) is 11.1 Å². The van der Waals surface area contributed by atoms with Crippen molar-refractivity contribution in [2.24, 2.45) is 0 Å². The van der Waals surface area contributed by atoms with Gasteiger partial charge in [-0.05, 0) is 37.1 Å². The molecule has 138 valence electrons. The second kappa shape index (κ2) is 8.49. The molecule has 9 nitrogen and oxygen atoms in total. The highest BCUT2D eigenvalue weighted by Crippen LogP contribution is 2.57. The zero-order chi connectivity index (χ0) is 19.3. The molecular weight excluding hydrogens is 374 g/mol. The molecule has 2 rings (SSSR count). The van der Waals surface area contributed by atoms with Crippen LogP contribution < -0.4 is 4.52 Å². The van der Waals surface area contributed by atoms with Crippen molar-refractivity contribution in [3.05, 3.63) is 53.6 Å².